The summed E-state index contributed by atoms with van der Waals surface area (Å²) >= 11 is 0. The molecule has 4 aromatic rings. The molecule has 0 aliphatic carbocycles. The first-order valence-corrected chi connectivity index (χ1v) is 12.1. The largest absolute Gasteiger partial charge is 0.487 e. The molecule has 188 valence electrons. The summed E-state index contributed by atoms with van der Waals surface area (Å²) in [7, 11) is 0. The zero-order valence-electron chi connectivity index (χ0n) is 21.0. The topological polar surface area (TPSA) is 87.7 Å². The van der Waals surface area contributed by atoms with Gasteiger partial charge in [-0.25, -0.2) is 4.79 Å². The maximum atomic E-state index is 13.0. The third-order valence-corrected chi connectivity index (χ3v) is 5.77. The second-order valence-corrected chi connectivity index (χ2v) is 9.75. The van der Waals surface area contributed by atoms with Crippen LogP contribution in [0.15, 0.2) is 79.3 Å². The van der Waals surface area contributed by atoms with Gasteiger partial charge in [-0.05, 0) is 50.5 Å². The summed E-state index contributed by atoms with van der Waals surface area (Å²) < 4.78 is 11.7. The molecule has 0 unspecified atom stereocenters. The van der Waals surface area contributed by atoms with Crippen LogP contribution in [0.1, 0.15) is 43.6 Å². The minimum Gasteiger partial charge on any atom is -0.487 e. The first-order valence-electron chi connectivity index (χ1n) is 12.1. The van der Waals surface area contributed by atoms with Crippen molar-refractivity contribution in [2.45, 2.75) is 45.5 Å². The van der Waals surface area contributed by atoms with Crippen LogP contribution in [0.5, 0.6) is 5.75 Å². The normalized spacial score (nSPS) is 12.3. The number of carbonyl (C=O) groups excluding carboxylic acids is 1. The highest BCUT2D eigenvalue weighted by Crippen LogP contribution is 2.28. The van der Waals surface area contributed by atoms with E-state index in [4.69, 9.17) is 9.47 Å². The van der Waals surface area contributed by atoms with Gasteiger partial charge in [0.25, 0.3) is 0 Å². The minimum atomic E-state index is -0.868. The van der Waals surface area contributed by atoms with Crippen LogP contribution in [0, 0.1) is 0 Å². The summed E-state index contributed by atoms with van der Waals surface area (Å²) in [6, 6.07) is 19.6. The van der Waals surface area contributed by atoms with E-state index in [0.717, 1.165) is 27.8 Å². The van der Waals surface area contributed by atoms with Gasteiger partial charge in [-0.2, -0.15) is 0 Å². The molecule has 7 nitrogen and oxygen atoms in total. The van der Waals surface area contributed by atoms with Crippen LogP contribution in [0.2, 0.25) is 0 Å². The molecule has 0 saturated heterocycles. The van der Waals surface area contributed by atoms with Gasteiger partial charge >= 0.3 is 6.09 Å². The van der Waals surface area contributed by atoms with Crippen LogP contribution in [0.4, 0.5) is 4.79 Å². The van der Waals surface area contributed by atoms with Crippen molar-refractivity contribution in [1.29, 1.82) is 0 Å². The van der Waals surface area contributed by atoms with Crippen LogP contribution in [0.25, 0.3) is 10.9 Å². The van der Waals surface area contributed by atoms with Gasteiger partial charge in [-0.15, -0.1) is 0 Å². The number of aliphatic hydroxyl groups is 1. The highest BCUT2D eigenvalue weighted by atomic mass is 16.6. The third kappa shape index (κ3) is 6.64. The molecule has 2 heterocycles. The molecule has 2 aromatic heterocycles. The van der Waals surface area contributed by atoms with Gasteiger partial charge in [0.15, 0.2) is 0 Å². The number of aromatic amines is 1. The van der Waals surface area contributed by atoms with Crippen molar-refractivity contribution < 1.29 is 19.4 Å². The number of H-pyrrole nitrogens is 1. The quantitative estimate of drug-likeness (QED) is 0.318. The Balaban J connectivity index is 1.48. The Morgan fingerprint density at radius 1 is 1.08 bits per heavy atom. The van der Waals surface area contributed by atoms with E-state index in [-0.39, 0.29) is 6.54 Å². The molecule has 0 radical (unpaired) electrons. The number of rotatable bonds is 9. The van der Waals surface area contributed by atoms with Gasteiger partial charge in [0.1, 0.15) is 18.0 Å². The Hall–Kier alpha value is -3.84. The monoisotopic (exact) mass is 487 g/mol. The molecule has 2 N–H and O–H groups in total. The number of hydrogen-bond donors (Lipinski definition) is 2. The maximum absolute atomic E-state index is 13.0. The lowest BCUT2D eigenvalue weighted by Crippen LogP contribution is -2.40. The summed E-state index contributed by atoms with van der Waals surface area (Å²) in [6.07, 6.45) is 4.46. The highest BCUT2D eigenvalue weighted by Gasteiger charge is 2.25. The minimum absolute atomic E-state index is 0.106. The molecule has 0 fully saturated rings. The van der Waals surface area contributed by atoms with E-state index < -0.39 is 17.8 Å². The molecule has 36 heavy (non-hydrogen) atoms. The number of aliphatic hydroxyl groups excluding tert-OH is 1. The molecule has 0 saturated carbocycles. The van der Waals surface area contributed by atoms with E-state index in [1.165, 1.54) is 0 Å². The average Bonchev–Trinajstić information content (AvgIpc) is 3.29. The van der Waals surface area contributed by atoms with Gasteiger partial charge in [-0.1, -0.05) is 48.5 Å². The number of benzene rings is 2. The summed E-state index contributed by atoms with van der Waals surface area (Å²) in [4.78, 5) is 21.9. The molecular weight excluding hydrogens is 454 g/mol. The van der Waals surface area contributed by atoms with Crippen LogP contribution in [-0.4, -0.2) is 44.8 Å². The van der Waals surface area contributed by atoms with Crippen LogP contribution < -0.4 is 4.74 Å². The van der Waals surface area contributed by atoms with Crippen molar-refractivity contribution in [3.8, 4) is 5.75 Å². The Labute approximate surface area is 211 Å². The van der Waals surface area contributed by atoms with Crippen molar-refractivity contribution in [2.75, 3.05) is 13.1 Å². The van der Waals surface area contributed by atoms with E-state index in [1.807, 2.05) is 75.5 Å². The molecule has 1 atom stereocenters. The van der Waals surface area contributed by atoms with Crippen LogP contribution in [-0.2, 0) is 17.8 Å². The van der Waals surface area contributed by atoms with Crippen LogP contribution >= 0.6 is 0 Å². The Morgan fingerprint density at radius 3 is 2.61 bits per heavy atom. The number of nitrogens with zero attached hydrogens (tertiary/aromatic N) is 2. The summed E-state index contributed by atoms with van der Waals surface area (Å²) in [5, 5.41) is 11.8. The van der Waals surface area contributed by atoms with E-state index in [1.54, 1.807) is 29.4 Å². The van der Waals surface area contributed by atoms with E-state index in [0.29, 0.717) is 25.1 Å². The molecule has 4 rings (SSSR count). The van der Waals surface area contributed by atoms with Gasteiger partial charge in [0, 0.05) is 36.1 Å². The van der Waals surface area contributed by atoms with Crippen molar-refractivity contribution in [2.24, 2.45) is 0 Å². The van der Waals surface area contributed by atoms with Crippen molar-refractivity contribution >= 4 is 17.0 Å². The second kappa shape index (κ2) is 11.3. The lowest BCUT2D eigenvalue weighted by molar-refractivity contribution is 0.0147. The predicted octanol–water partition coefficient (Wildman–Crippen LogP) is 5.66. The van der Waals surface area contributed by atoms with Crippen LogP contribution in [0.3, 0.4) is 0 Å². The number of carbonyl (C=O) groups is 1. The molecule has 0 spiro atoms. The SMILES string of the molecule is CC(C)(C)OC(=O)N(CCc1c[nH]c2c(OCc3ccccc3)cccc12)C[C@H](O)c1cccnc1. The maximum Gasteiger partial charge on any atom is 0.410 e. The summed E-state index contributed by atoms with van der Waals surface area (Å²) in [5.74, 6) is 0.776. The zero-order valence-corrected chi connectivity index (χ0v) is 21.0. The fourth-order valence-corrected chi connectivity index (χ4v) is 3.97. The number of hydrogen-bond acceptors (Lipinski definition) is 5. The summed E-state index contributed by atoms with van der Waals surface area (Å²) in [5.41, 5.74) is 3.09. The van der Waals surface area contributed by atoms with Gasteiger partial charge in [0.2, 0.25) is 0 Å². The highest BCUT2D eigenvalue weighted by molar-refractivity contribution is 5.88. The van der Waals surface area contributed by atoms with Gasteiger partial charge in [0.05, 0.1) is 18.2 Å². The van der Waals surface area contributed by atoms with Crippen molar-refractivity contribution in [3.63, 3.8) is 0 Å². The number of pyridine rings is 1. The smallest absolute Gasteiger partial charge is 0.410 e. The number of nitrogens with one attached hydrogen (secondary N) is 1. The molecule has 0 aliphatic heterocycles. The van der Waals surface area contributed by atoms with E-state index in [2.05, 4.69) is 9.97 Å². The number of fused-ring (bicyclic) bond motifs is 1. The Bertz CT molecular complexity index is 1270. The zero-order chi connectivity index (χ0) is 25.5. The van der Waals surface area contributed by atoms with Crippen molar-refractivity contribution in [1.82, 2.24) is 14.9 Å². The first kappa shape index (κ1) is 25.3. The fourth-order valence-electron chi connectivity index (χ4n) is 3.97. The summed E-state index contributed by atoms with van der Waals surface area (Å²) in [6.45, 7) is 6.46. The fraction of sp³-hybridized carbons (Fsp3) is 0.310. The molecule has 0 bridgehead atoms. The molecule has 2 aromatic carbocycles. The standard InChI is InChI=1S/C29H33N3O4/c1-29(2,3)36-28(34)32(19-25(33)23-11-8-15-30-17-23)16-14-22-18-31-27-24(22)12-7-13-26(27)35-20-21-9-5-4-6-10-21/h4-13,15,17-18,25,31,33H,14,16,19-20H2,1-3H3/t25-/m0/s1. The molecule has 7 heteroatoms. The van der Waals surface area contributed by atoms with Gasteiger partial charge in [-0.3, -0.25) is 4.98 Å². The van der Waals surface area contributed by atoms with Gasteiger partial charge < -0.3 is 24.5 Å². The number of aromatic nitrogens is 2. The number of amides is 1. The Kier molecular flexibility index (Phi) is 7.90. The molecule has 0 aliphatic rings. The number of ether oxygens (including phenoxy) is 2. The molecular formula is C29H33N3O4. The lowest BCUT2D eigenvalue weighted by Gasteiger charge is -2.29. The lowest BCUT2D eigenvalue weighted by atomic mass is 10.1. The second-order valence-electron chi connectivity index (χ2n) is 9.75. The first-order chi connectivity index (χ1) is 17.3. The third-order valence-electron chi connectivity index (χ3n) is 5.77. The van der Waals surface area contributed by atoms with E-state index >= 15 is 0 Å². The predicted molar refractivity (Wildman–Crippen MR) is 140 cm³/mol. The Morgan fingerprint density at radius 2 is 1.89 bits per heavy atom. The van der Waals surface area contributed by atoms with Crippen molar-refractivity contribution in [3.05, 3.63) is 95.9 Å². The molecule has 1 amide bonds. The average molecular weight is 488 g/mol. The number of para-hydroxylation sites is 1. The van der Waals surface area contributed by atoms with E-state index in [9.17, 15) is 9.90 Å².